The van der Waals surface area contributed by atoms with E-state index in [4.69, 9.17) is 4.74 Å². The highest BCUT2D eigenvalue weighted by atomic mass is 32.1. The second-order valence-electron chi connectivity index (χ2n) is 6.70. The van der Waals surface area contributed by atoms with E-state index in [9.17, 15) is 14.7 Å². The van der Waals surface area contributed by atoms with Gasteiger partial charge in [-0.15, -0.1) is 11.3 Å². The van der Waals surface area contributed by atoms with E-state index in [0.29, 0.717) is 17.0 Å². The number of rotatable bonds is 4. The van der Waals surface area contributed by atoms with Crippen molar-refractivity contribution in [2.24, 2.45) is 0 Å². The second-order valence-corrected chi connectivity index (χ2v) is 7.68. The summed E-state index contributed by atoms with van der Waals surface area (Å²) in [7, 11) is 1.55. The fraction of sp³-hybridized carbons (Fsp3) is 0.130. The molecule has 1 amide bonds. The molecule has 1 unspecified atom stereocenters. The number of thiophene rings is 1. The highest BCUT2D eigenvalue weighted by molar-refractivity contribution is 7.10. The molecule has 1 aliphatic rings. The monoisotopic (exact) mass is 405 g/mol. The molecule has 0 saturated carbocycles. The van der Waals surface area contributed by atoms with Crippen molar-refractivity contribution in [2.75, 3.05) is 12.0 Å². The number of aliphatic hydroxyl groups is 1. The first-order chi connectivity index (χ1) is 14.0. The topological polar surface area (TPSA) is 66.8 Å². The summed E-state index contributed by atoms with van der Waals surface area (Å²) < 4.78 is 5.16. The van der Waals surface area contributed by atoms with Gasteiger partial charge in [-0.05, 0) is 54.3 Å². The molecular formula is C23H19NO4S. The van der Waals surface area contributed by atoms with Gasteiger partial charge >= 0.3 is 0 Å². The van der Waals surface area contributed by atoms with E-state index in [2.05, 4.69) is 0 Å². The minimum atomic E-state index is -0.694. The Hall–Kier alpha value is -3.38. The van der Waals surface area contributed by atoms with Crippen LogP contribution in [0.15, 0.2) is 71.6 Å². The lowest BCUT2D eigenvalue weighted by Crippen LogP contribution is -2.29. The Balaban J connectivity index is 1.91. The highest BCUT2D eigenvalue weighted by Crippen LogP contribution is 2.44. The molecule has 3 aromatic rings. The third-order valence-corrected chi connectivity index (χ3v) is 5.92. The maximum absolute atomic E-state index is 13.0. The lowest BCUT2D eigenvalue weighted by Gasteiger charge is -2.25. The normalized spacial score (nSPS) is 18.3. The Morgan fingerprint density at radius 2 is 1.76 bits per heavy atom. The number of ether oxygens (including phenoxy) is 1. The molecule has 6 heteroatoms. The van der Waals surface area contributed by atoms with Crippen LogP contribution in [0.2, 0.25) is 0 Å². The van der Waals surface area contributed by atoms with E-state index in [0.717, 1.165) is 10.4 Å². The van der Waals surface area contributed by atoms with Gasteiger partial charge in [-0.3, -0.25) is 14.5 Å². The van der Waals surface area contributed by atoms with Crippen LogP contribution in [0.5, 0.6) is 5.75 Å². The summed E-state index contributed by atoms with van der Waals surface area (Å²) in [6.07, 6.45) is 0. The number of ketones is 1. The molecule has 1 fully saturated rings. The van der Waals surface area contributed by atoms with Gasteiger partial charge < -0.3 is 9.84 Å². The van der Waals surface area contributed by atoms with Crippen LogP contribution in [-0.2, 0) is 9.59 Å². The molecule has 2 heterocycles. The van der Waals surface area contributed by atoms with E-state index >= 15 is 0 Å². The summed E-state index contributed by atoms with van der Waals surface area (Å²) in [4.78, 5) is 28.3. The summed E-state index contributed by atoms with van der Waals surface area (Å²) in [5.74, 6) is -0.898. The van der Waals surface area contributed by atoms with Gasteiger partial charge in [0.1, 0.15) is 17.6 Å². The van der Waals surface area contributed by atoms with Crippen LogP contribution < -0.4 is 9.64 Å². The number of amides is 1. The number of hydrogen-bond donors (Lipinski definition) is 1. The maximum atomic E-state index is 13.0. The number of para-hydroxylation sites is 1. The van der Waals surface area contributed by atoms with E-state index in [1.54, 1.807) is 31.4 Å². The average Bonchev–Trinajstić information content (AvgIpc) is 3.35. The van der Waals surface area contributed by atoms with E-state index < -0.39 is 17.7 Å². The van der Waals surface area contributed by atoms with Gasteiger partial charge in [0.2, 0.25) is 0 Å². The smallest absolute Gasteiger partial charge is 0.300 e. The molecule has 146 valence electrons. The van der Waals surface area contributed by atoms with Crippen molar-refractivity contribution in [3.05, 3.63) is 87.6 Å². The number of hydrogen-bond acceptors (Lipinski definition) is 5. The lowest BCUT2D eigenvalue weighted by atomic mass is 9.99. The summed E-state index contributed by atoms with van der Waals surface area (Å²) in [5.41, 5.74) is 2.07. The number of benzene rings is 2. The van der Waals surface area contributed by atoms with Crippen LogP contribution in [0.1, 0.15) is 22.0 Å². The minimum absolute atomic E-state index is 0.0888. The molecule has 0 radical (unpaired) electrons. The van der Waals surface area contributed by atoms with Crippen molar-refractivity contribution >= 4 is 34.5 Å². The van der Waals surface area contributed by atoms with E-state index in [1.165, 1.54) is 16.2 Å². The first-order valence-electron chi connectivity index (χ1n) is 9.07. The molecular weight excluding hydrogens is 386 g/mol. The number of anilines is 1. The first-order valence-corrected chi connectivity index (χ1v) is 9.95. The predicted octanol–water partition coefficient (Wildman–Crippen LogP) is 4.69. The standard InChI is InChI=1S/C23H19NO4S/c1-14-6-3-4-7-17(14)24-20(18-8-5-13-29-18)19(22(26)23(24)27)21(25)15-9-11-16(28-2)12-10-15/h3-13,20,25H,1-2H3/b21-19-. The number of carbonyl (C=O) groups is 2. The third kappa shape index (κ3) is 3.21. The molecule has 1 atom stereocenters. The van der Waals surface area contributed by atoms with Crippen molar-refractivity contribution in [1.29, 1.82) is 0 Å². The van der Waals surface area contributed by atoms with E-state index in [-0.39, 0.29) is 11.3 Å². The van der Waals surface area contributed by atoms with Gasteiger partial charge in [0.15, 0.2) is 0 Å². The summed E-state index contributed by atoms with van der Waals surface area (Å²) >= 11 is 1.44. The molecule has 29 heavy (non-hydrogen) atoms. The van der Waals surface area contributed by atoms with Gasteiger partial charge in [-0.2, -0.15) is 0 Å². The Labute approximate surface area is 172 Å². The maximum Gasteiger partial charge on any atom is 0.300 e. The van der Waals surface area contributed by atoms with Gasteiger partial charge in [0, 0.05) is 16.1 Å². The van der Waals surface area contributed by atoms with Crippen LogP contribution >= 0.6 is 11.3 Å². The van der Waals surface area contributed by atoms with Crippen LogP contribution in [0.3, 0.4) is 0 Å². The lowest BCUT2D eigenvalue weighted by molar-refractivity contribution is -0.132. The number of methoxy groups -OCH3 is 1. The number of Topliss-reactive ketones (excluding diaryl/α,β-unsaturated/α-hetero) is 1. The van der Waals surface area contributed by atoms with Crippen LogP contribution in [-0.4, -0.2) is 23.9 Å². The highest BCUT2D eigenvalue weighted by Gasteiger charge is 2.47. The number of aliphatic hydroxyl groups excluding tert-OH is 1. The number of nitrogens with zero attached hydrogens (tertiary/aromatic N) is 1. The Bertz CT molecular complexity index is 1100. The van der Waals surface area contributed by atoms with Crippen molar-refractivity contribution in [2.45, 2.75) is 13.0 Å². The number of carbonyl (C=O) groups excluding carboxylic acids is 2. The predicted molar refractivity (Wildman–Crippen MR) is 113 cm³/mol. The fourth-order valence-corrected chi connectivity index (χ4v) is 4.36. The van der Waals surface area contributed by atoms with Crippen molar-refractivity contribution in [3.63, 3.8) is 0 Å². The number of aryl methyl sites for hydroxylation is 1. The zero-order valence-electron chi connectivity index (χ0n) is 16.0. The Morgan fingerprint density at radius 1 is 1.03 bits per heavy atom. The molecule has 0 aliphatic carbocycles. The molecule has 2 aromatic carbocycles. The zero-order chi connectivity index (χ0) is 20.5. The van der Waals surface area contributed by atoms with Crippen molar-refractivity contribution in [1.82, 2.24) is 0 Å². The minimum Gasteiger partial charge on any atom is -0.507 e. The van der Waals surface area contributed by atoms with E-state index in [1.807, 2.05) is 48.7 Å². The summed E-state index contributed by atoms with van der Waals surface area (Å²) in [6, 6.07) is 17.2. The molecule has 4 rings (SSSR count). The summed E-state index contributed by atoms with van der Waals surface area (Å²) in [6.45, 7) is 1.89. The van der Waals surface area contributed by atoms with Gasteiger partial charge in [-0.1, -0.05) is 24.3 Å². The third-order valence-electron chi connectivity index (χ3n) is 5.00. The van der Waals surface area contributed by atoms with Crippen LogP contribution in [0, 0.1) is 6.92 Å². The fourth-order valence-electron chi connectivity index (χ4n) is 3.54. The van der Waals surface area contributed by atoms with Gasteiger partial charge in [0.05, 0.1) is 12.7 Å². The summed E-state index contributed by atoms with van der Waals surface area (Å²) in [5, 5.41) is 12.9. The largest absolute Gasteiger partial charge is 0.507 e. The van der Waals surface area contributed by atoms with Crippen molar-refractivity contribution in [3.8, 4) is 5.75 Å². The molecule has 5 nitrogen and oxygen atoms in total. The molecule has 0 bridgehead atoms. The van der Waals surface area contributed by atoms with Crippen molar-refractivity contribution < 1.29 is 19.4 Å². The van der Waals surface area contributed by atoms with Crippen LogP contribution in [0.25, 0.3) is 5.76 Å². The Kier molecular flexibility index (Phi) is 4.94. The van der Waals surface area contributed by atoms with Crippen LogP contribution in [0.4, 0.5) is 5.69 Å². The Morgan fingerprint density at radius 3 is 2.38 bits per heavy atom. The molecule has 1 saturated heterocycles. The van der Waals surface area contributed by atoms with Gasteiger partial charge in [0.25, 0.3) is 11.7 Å². The van der Waals surface area contributed by atoms with Gasteiger partial charge in [-0.25, -0.2) is 0 Å². The molecule has 1 N–H and O–H groups in total. The molecule has 1 aromatic heterocycles. The quantitative estimate of drug-likeness (QED) is 0.388. The average molecular weight is 405 g/mol. The molecule has 0 spiro atoms. The zero-order valence-corrected chi connectivity index (χ0v) is 16.8. The molecule has 1 aliphatic heterocycles. The second kappa shape index (κ2) is 7.56. The SMILES string of the molecule is COc1ccc(/C(O)=C2/C(=O)C(=O)N(c3ccccc3C)C2c2cccs2)cc1. The first kappa shape index (κ1) is 19.0.